The van der Waals surface area contributed by atoms with Gasteiger partial charge in [0.2, 0.25) is 0 Å². The number of anilines is 1. The molecule has 0 spiro atoms. The molecule has 0 saturated carbocycles. The minimum atomic E-state index is -0.340. The van der Waals surface area contributed by atoms with Crippen LogP contribution in [0.2, 0.25) is 0 Å². The van der Waals surface area contributed by atoms with Gasteiger partial charge in [-0.05, 0) is 49.2 Å². The van der Waals surface area contributed by atoms with Crippen LogP contribution in [0.25, 0.3) is 0 Å². The van der Waals surface area contributed by atoms with Crippen LogP contribution in [0.4, 0.5) is 5.69 Å². The van der Waals surface area contributed by atoms with Crippen molar-refractivity contribution in [3.8, 4) is 0 Å². The average molecular weight is 327 g/mol. The van der Waals surface area contributed by atoms with E-state index in [-0.39, 0.29) is 17.5 Å². The van der Waals surface area contributed by atoms with E-state index in [9.17, 15) is 9.59 Å². The van der Waals surface area contributed by atoms with Crippen molar-refractivity contribution in [3.05, 3.63) is 58.9 Å². The molecule has 0 atom stereocenters. The largest absolute Gasteiger partial charge is 0.383 e. The minimum absolute atomic E-state index is 0.193. The number of methoxy groups -OCH3 is 1. The summed E-state index contributed by atoms with van der Waals surface area (Å²) in [5, 5.41) is 5.50. The number of carbonyl (C=O) groups is 2. The highest BCUT2D eigenvalue weighted by Crippen LogP contribution is 2.15. The Bertz CT molecular complexity index is 744. The molecule has 1 heterocycles. The number of rotatable bonds is 6. The smallest absolute Gasteiger partial charge is 0.269 e. The van der Waals surface area contributed by atoms with Crippen LogP contribution in [0.3, 0.4) is 0 Å². The zero-order chi connectivity index (χ0) is 17.5. The third-order valence-corrected chi connectivity index (χ3v) is 3.61. The molecule has 0 aliphatic rings. The van der Waals surface area contributed by atoms with Gasteiger partial charge < -0.3 is 15.4 Å². The summed E-state index contributed by atoms with van der Waals surface area (Å²) in [6.07, 6.45) is 1.44. The van der Waals surface area contributed by atoms with Gasteiger partial charge in [-0.15, -0.1) is 0 Å². The van der Waals surface area contributed by atoms with Crippen molar-refractivity contribution in [1.29, 1.82) is 0 Å². The second-order valence-electron chi connectivity index (χ2n) is 5.43. The highest BCUT2D eigenvalue weighted by Gasteiger charge is 2.12. The molecule has 24 heavy (non-hydrogen) atoms. The molecule has 2 amide bonds. The maximum Gasteiger partial charge on any atom is 0.269 e. The summed E-state index contributed by atoms with van der Waals surface area (Å²) < 4.78 is 4.88. The fourth-order valence-electron chi connectivity index (χ4n) is 2.08. The summed E-state index contributed by atoms with van der Waals surface area (Å²) in [6, 6.07) is 8.75. The topological polar surface area (TPSA) is 80.3 Å². The quantitative estimate of drug-likeness (QED) is 0.798. The number of hydrogen-bond donors (Lipinski definition) is 2. The van der Waals surface area contributed by atoms with Gasteiger partial charge in [0.05, 0.1) is 6.61 Å². The van der Waals surface area contributed by atoms with Gasteiger partial charge in [-0.25, -0.2) is 0 Å². The molecule has 0 unspecified atom stereocenters. The van der Waals surface area contributed by atoms with Crippen molar-refractivity contribution in [2.75, 3.05) is 25.6 Å². The van der Waals surface area contributed by atoms with Crippen molar-refractivity contribution in [1.82, 2.24) is 10.3 Å². The van der Waals surface area contributed by atoms with Gasteiger partial charge in [0.25, 0.3) is 11.8 Å². The van der Waals surface area contributed by atoms with E-state index < -0.39 is 0 Å². The molecule has 2 N–H and O–H groups in total. The number of carbonyl (C=O) groups excluding carboxylic acids is 2. The lowest BCUT2D eigenvalue weighted by molar-refractivity contribution is 0.0932. The van der Waals surface area contributed by atoms with Crippen LogP contribution >= 0.6 is 0 Å². The molecule has 0 radical (unpaired) electrons. The molecular weight excluding hydrogens is 306 g/mol. The maximum absolute atomic E-state index is 12.4. The van der Waals surface area contributed by atoms with E-state index >= 15 is 0 Å². The zero-order valence-corrected chi connectivity index (χ0v) is 14.1. The van der Waals surface area contributed by atoms with Gasteiger partial charge in [0.1, 0.15) is 5.69 Å². The van der Waals surface area contributed by atoms with Gasteiger partial charge in [-0.3, -0.25) is 14.6 Å². The number of aromatic nitrogens is 1. The summed E-state index contributed by atoms with van der Waals surface area (Å²) in [5.74, 6) is -0.625. The number of aryl methyl sites for hydroxylation is 2. The van der Waals surface area contributed by atoms with Crippen molar-refractivity contribution in [3.63, 3.8) is 0 Å². The normalized spacial score (nSPS) is 10.3. The van der Waals surface area contributed by atoms with Crippen molar-refractivity contribution >= 4 is 17.5 Å². The monoisotopic (exact) mass is 327 g/mol. The van der Waals surface area contributed by atoms with E-state index in [0.29, 0.717) is 24.4 Å². The molecule has 0 fully saturated rings. The number of ether oxygens (including phenoxy) is 1. The molecule has 1 aromatic heterocycles. The molecule has 0 aliphatic heterocycles. The van der Waals surface area contributed by atoms with E-state index in [4.69, 9.17) is 4.74 Å². The Morgan fingerprint density at radius 1 is 1.08 bits per heavy atom. The lowest BCUT2D eigenvalue weighted by Gasteiger charge is -2.09. The molecule has 0 bridgehead atoms. The van der Waals surface area contributed by atoms with Gasteiger partial charge in [-0.2, -0.15) is 0 Å². The lowest BCUT2D eigenvalue weighted by atomic mass is 10.1. The summed E-state index contributed by atoms with van der Waals surface area (Å²) in [7, 11) is 1.56. The first kappa shape index (κ1) is 17.6. The predicted octanol–water partition coefficient (Wildman–Crippen LogP) is 2.33. The van der Waals surface area contributed by atoms with Crippen LogP contribution in [-0.4, -0.2) is 37.1 Å². The number of amides is 2. The highest BCUT2D eigenvalue weighted by atomic mass is 16.5. The van der Waals surface area contributed by atoms with E-state index in [2.05, 4.69) is 15.6 Å². The molecule has 0 aliphatic carbocycles. The van der Waals surface area contributed by atoms with E-state index in [1.807, 2.05) is 32.0 Å². The first-order chi connectivity index (χ1) is 11.5. The van der Waals surface area contributed by atoms with Crippen molar-refractivity contribution in [2.24, 2.45) is 0 Å². The SMILES string of the molecule is COCCNC(=O)c1cc(C(=O)Nc2ccc(C)c(C)c2)ccn1. The molecule has 126 valence electrons. The maximum atomic E-state index is 12.4. The third kappa shape index (κ3) is 4.63. The van der Waals surface area contributed by atoms with Crippen LogP contribution < -0.4 is 10.6 Å². The Morgan fingerprint density at radius 3 is 2.58 bits per heavy atom. The Labute approximate surface area is 141 Å². The minimum Gasteiger partial charge on any atom is -0.383 e. The summed E-state index contributed by atoms with van der Waals surface area (Å²) >= 11 is 0. The number of nitrogens with one attached hydrogen (secondary N) is 2. The second-order valence-corrected chi connectivity index (χ2v) is 5.43. The van der Waals surface area contributed by atoms with Gasteiger partial charge in [-0.1, -0.05) is 6.07 Å². The highest BCUT2D eigenvalue weighted by molar-refractivity contribution is 6.05. The lowest BCUT2D eigenvalue weighted by Crippen LogP contribution is -2.28. The summed E-state index contributed by atoms with van der Waals surface area (Å²) in [5.41, 5.74) is 3.54. The molecule has 0 saturated heterocycles. The van der Waals surface area contributed by atoms with Crippen LogP contribution in [0, 0.1) is 13.8 Å². The molecular formula is C18H21N3O3. The fraction of sp³-hybridized carbons (Fsp3) is 0.278. The molecule has 6 heteroatoms. The Hall–Kier alpha value is -2.73. The third-order valence-electron chi connectivity index (χ3n) is 3.61. The molecule has 2 aromatic rings. The number of hydrogen-bond acceptors (Lipinski definition) is 4. The van der Waals surface area contributed by atoms with Crippen molar-refractivity contribution < 1.29 is 14.3 Å². The Balaban J connectivity index is 2.08. The molecule has 2 rings (SSSR count). The van der Waals surface area contributed by atoms with Crippen LogP contribution in [0.15, 0.2) is 36.5 Å². The molecule has 1 aromatic carbocycles. The van der Waals surface area contributed by atoms with Crippen LogP contribution in [0.1, 0.15) is 32.0 Å². The Kier molecular flexibility index (Phi) is 6.03. The standard InChI is InChI=1S/C18H21N3O3/c1-12-4-5-15(10-13(12)2)21-17(22)14-6-7-19-16(11-14)18(23)20-8-9-24-3/h4-7,10-11H,8-9H2,1-3H3,(H,20,23)(H,21,22). The van der Waals surface area contributed by atoms with Crippen molar-refractivity contribution in [2.45, 2.75) is 13.8 Å². The van der Waals surface area contributed by atoms with Crippen LogP contribution in [0.5, 0.6) is 0 Å². The predicted molar refractivity (Wildman–Crippen MR) is 92.3 cm³/mol. The molecule has 6 nitrogen and oxygen atoms in total. The second kappa shape index (κ2) is 8.21. The van der Waals surface area contributed by atoms with Gasteiger partial charge >= 0.3 is 0 Å². The first-order valence-electron chi connectivity index (χ1n) is 7.63. The number of benzene rings is 1. The van der Waals surface area contributed by atoms with Gasteiger partial charge in [0, 0.05) is 31.1 Å². The first-order valence-corrected chi connectivity index (χ1v) is 7.63. The number of nitrogens with zero attached hydrogens (tertiary/aromatic N) is 1. The van der Waals surface area contributed by atoms with E-state index in [1.54, 1.807) is 13.2 Å². The van der Waals surface area contributed by atoms with E-state index in [0.717, 1.165) is 11.1 Å². The van der Waals surface area contributed by atoms with Crippen LogP contribution in [-0.2, 0) is 4.74 Å². The zero-order valence-electron chi connectivity index (χ0n) is 14.1. The number of pyridine rings is 1. The summed E-state index contributed by atoms with van der Waals surface area (Å²) in [6.45, 7) is 4.80. The summed E-state index contributed by atoms with van der Waals surface area (Å²) in [4.78, 5) is 28.3. The Morgan fingerprint density at radius 2 is 1.88 bits per heavy atom. The average Bonchev–Trinajstić information content (AvgIpc) is 2.58. The van der Waals surface area contributed by atoms with E-state index in [1.165, 1.54) is 12.3 Å². The van der Waals surface area contributed by atoms with Gasteiger partial charge in [0.15, 0.2) is 0 Å². The fourth-order valence-corrected chi connectivity index (χ4v) is 2.08.